The number of carbonyl (C=O) groups is 3. The summed E-state index contributed by atoms with van der Waals surface area (Å²) in [5.74, 6) is 2.88. The summed E-state index contributed by atoms with van der Waals surface area (Å²) in [6, 6.07) is 10.1. The lowest BCUT2D eigenvalue weighted by atomic mass is 10.2. The van der Waals surface area contributed by atoms with Gasteiger partial charge in [0.25, 0.3) is 11.1 Å². The van der Waals surface area contributed by atoms with Crippen molar-refractivity contribution in [1.82, 2.24) is 4.90 Å². The summed E-state index contributed by atoms with van der Waals surface area (Å²) in [5.41, 5.74) is 1.12. The van der Waals surface area contributed by atoms with Crippen molar-refractivity contribution in [3.8, 4) is 29.6 Å². The number of methoxy groups -OCH3 is 1. The van der Waals surface area contributed by atoms with E-state index in [2.05, 4.69) is 27.2 Å². The summed E-state index contributed by atoms with van der Waals surface area (Å²) < 4.78 is 16.8. The first kappa shape index (κ1) is 25.2. The number of carbonyl (C=O) groups excluding carboxylic acids is 3. The molecule has 0 aliphatic carbocycles. The van der Waals surface area contributed by atoms with Crippen LogP contribution >= 0.6 is 27.7 Å². The fraction of sp³-hybridized carbons (Fsp3) is 0.208. The number of hydrogen-bond donors (Lipinski definition) is 1. The van der Waals surface area contributed by atoms with E-state index in [1.807, 2.05) is 6.92 Å². The molecule has 0 bridgehead atoms. The molecule has 2 aromatic carbocycles. The lowest BCUT2D eigenvalue weighted by Crippen LogP contribution is -2.36. The van der Waals surface area contributed by atoms with Gasteiger partial charge in [0, 0.05) is 10.2 Å². The van der Waals surface area contributed by atoms with E-state index in [0.717, 1.165) is 16.7 Å². The molecule has 1 saturated heterocycles. The molecule has 3 amide bonds. The fourth-order valence-corrected chi connectivity index (χ4v) is 4.22. The van der Waals surface area contributed by atoms with Crippen LogP contribution in [0.15, 0.2) is 45.8 Å². The first-order valence-corrected chi connectivity index (χ1v) is 11.7. The third-order valence-electron chi connectivity index (χ3n) is 4.51. The Hall–Kier alpha value is -3.42. The Kier molecular flexibility index (Phi) is 8.62. The van der Waals surface area contributed by atoms with Gasteiger partial charge >= 0.3 is 0 Å². The lowest BCUT2D eigenvalue weighted by molar-refractivity contribution is -0.127. The minimum Gasteiger partial charge on any atom is -0.497 e. The maximum atomic E-state index is 12.8. The first-order valence-electron chi connectivity index (χ1n) is 10.1. The molecular weight excluding hydrogens is 524 g/mol. The molecule has 8 nitrogen and oxygen atoms in total. The largest absolute Gasteiger partial charge is 0.497 e. The zero-order chi connectivity index (χ0) is 24.7. The quantitative estimate of drug-likeness (QED) is 0.365. The Morgan fingerprint density at radius 2 is 1.91 bits per heavy atom. The van der Waals surface area contributed by atoms with Crippen molar-refractivity contribution in [2.45, 2.75) is 6.92 Å². The lowest BCUT2D eigenvalue weighted by Gasteiger charge is -2.13. The van der Waals surface area contributed by atoms with Gasteiger partial charge in [-0.25, -0.2) is 0 Å². The zero-order valence-electron chi connectivity index (χ0n) is 18.4. The third kappa shape index (κ3) is 6.12. The van der Waals surface area contributed by atoms with E-state index < -0.39 is 23.6 Å². The third-order valence-corrected chi connectivity index (χ3v) is 6.10. The van der Waals surface area contributed by atoms with Gasteiger partial charge in [-0.3, -0.25) is 19.3 Å². The SMILES string of the molecule is C#CCOc1cc(Br)c(/C=C2/SC(=O)N(CC(=O)Nc3ccc(OC)cc3)C2=O)cc1OCC. The van der Waals surface area contributed by atoms with Crippen LogP contribution in [0.25, 0.3) is 6.08 Å². The molecule has 1 heterocycles. The standard InChI is InChI=1S/C24H21BrN2O6S/c1-4-10-33-20-13-18(25)15(11-19(20)32-5-2)12-21-23(29)27(24(30)34-21)14-22(28)26-16-6-8-17(31-3)9-7-16/h1,6-9,11-13H,5,10,14H2,2-3H3,(H,26,28)/b21-12+. The molecule has 0 radical (unpaired) electrons. The van der Waals surface area contributed by atoms with E-state index in [1.165, 1.54) is 0 Å². The number of ether oxygens (including phenoxy) is 3. The molecule has 0 atom stereocenters. The molecule has 1 aliphatic heterocycles. The van der Waals surface area contributed by atoms with Crippen LogP contribution in [0.2, 0.25) is 0 Å². The number of hydrogen-bond acceptors (Lipinski definition) is 7. The van der Waals surface area contributed by atoms with Gasteiger partial charge in [0.05, 0.1) is 18.6 Å². The number of nitrogens with zero attached hydrogens (tertiary/aromatic N) is 1. The topological polar surface area (TPSA) is 94.2 Å². The molecule has 34 heavy (non-hydrogen) atoms. The molecule has 0 spiro atoms. The highest BCUT2D eigenvalue weighted by molar-refractivity contribution is 9.10. The monoisotopic (exact) mass is 544 g/mol. The Bertz CT molecular complexity index is 1170. The number of imide groups is 1. The number of benzene rings is 2. The van der Waals surface area contributed by atoms with Crippen molar-refractivity contribution in [2.24, 2.45) is 0 Å². The van der Waals surface area contributed by atoms with Crippen LogP contribution in [0, 0.1) is 12.3 Å². The number of nitrogens with one attached hydrogen (secondary N) is 1. The summed E-state index contributed by atoms with van der Waals surface area (Å²) in [6.07, 6.45) is 6.82. The molecular formula is C24H21BrN2O6S. The molecule has 0 unspecified atom stereocenters. The maximum absolute atomic E-state index is 12.8. The van der Waals surface area contributed by atoms with Crippen LogP contribution in [0.5, 0.6) is 17.2 Å². The van der Waals surface area contributed by atoms with Crippen molar-refractivity contribution in [1.29, 1.82) is 0 Å². The Morgan fingerprint density at radius 3 is 2.56 bits per heavy atom. The van der Waals surface area contributed by atoms with E-state index >= 15 is 0 Å². The van der Waals surface area contributed by atoms with E-state index in [4.69, 9.17) is 20.6 Å². The summed E-state index contributed by atoms with van der Waals surface area (Å²) in [5, 5.41) is 2.13. The Labute approximate surface area is 209 Å². The van der Waals surface area contributed by atoms with Crippen molar-refractivity contribution >= 4 is 56.5 Å². The summed E-state index contributed by atoms with van der Waals surface area (Å²) in [7, 11) is 1.54. The highest BCUT2D eigenvalue weighted by atomic mass is 79.9. The normalized spacial score (nSPS) is 14.2. The average molecular weight is 545 g/mol. The number of halogens is 1. The number of rotatable bonds is 9. The van der Waals surface area contributed by atoms with Crippen LogP contribution in [0.1, 0.15) is 12.5 Å². The van der Waals surface area contributed by atoms with E-state index in [1.54, 1.807) is 49.6 Å². The van der Waals surface area contributed by atoms with Gasteiger partial charge in [0.1, 0.15) is 18.9 Å². The zero-order valence-corrected chi connectivity index (χ0v) is 20.8. The maximum Gasteiger partial charge on any atom is 0.294 e. The number of terminal acetylenes is 1. The molecule has 10 heteroatoms. The van der Waals surface area contributed by atoms with Gasteiger partial charge < -0.3 is 19.5 Å². The fourth-order valence-electron chi connectivity index (χ4n) is 2.96. The first-order chi connectivity index (χ1) is 16.4. The van der Waals surface area contributed by atoms with Crippen LogP contribution in [0.4, 0.5) is 10.5 Å². The predicted molar refractivity (Wildman–Crippen MR) is 134 cm³/mol. The highest BCUT2D eigenvalue weighted by Crippen LogP contribution is 2.38. The van der Waals surface area contributed by atoms with Crippen molar-refractivity contribution in [2.75, 3.05) is 32.2 Å². The van der Waals surface area contributed by atoms with Crippen molar-refractivity contribution < 1.29 is 28.6 Å². The summed E-state index contributed by atoms with van der Waals surface area (Å²) in [6.45, 7) is 1.89. The summed E-state index contributed by atoms with van der Waals surface area (Å²) in [4.78, 5) is 38.8. The van der Waals surface area contributed by atoms with E-state index in [-0.39, 0.29) is 11.5 Å². The van der Waals surface area contributed by atoms with Gasteiger partial charge in [-0.05, 0) is 66.7 Å². The average Bonchev–Trinajstić information content (AvgIpc) is 3.08. The molecule has 2 aromatic rings. The second-order valence-corrected chi connectivity index (χ2v) is 8.64. The number of amides is 3. The molecule has 3 rings (SSSR count). The van der Waals surface area contributed by atoms with Crippen LogP contribution in [-0.2, 0) is 9.59 Å². The highest BCUT2D eigenvalue weighted by Gasteiger charge is 2.36. The minimum absolute atomic E-state index is 0.0728. The molecule has 176 valence electrons. The molecule has 1 N–H and O–H groups in total. The van der Waals surface area contributed by atoms with E-state index in [0.29, 0.717) is 39.6 Å². The minimum atomic E-state index is -0.558. The second-order valence-electron chi connectivity index (χ2n) is 6.79. The molecule has 1 aliphatic rings. The number of thioether (sulfide) groups is 1. The van der Waals surface area contributed by atoms with Crippen LogP contribution in [0.3, 0.4) is 0 Å². The second kappa shape index (κ2) is 11.6. The predicted octanol–water partition coefficient (Wildman–Crippen LogP) is 4.54. The van der Waals surface area contributed by atoms with E-state index in [9.17, 15) is 14.4 Å². The molecule has 0 aromatic heterocycles. The van der Waals surface area contributed by atoms with Crippen molar-refractivity contribution in [3.05, 3.63) is 51.3 Å². The summed E-state index contributed by atoms with van der Waals surface area (Å²) >= 11 is 4.20. The van der Waals surface area contributed by atoms with Gasteiger partial charge in [-0.1, -0.05) is 21.9 Å². The molecule has 0 saturated carbocycles. The van der Waals surface area contributed by atoms with Gasteiger partial charge in [0.2, 0.25) is 5.91 Å². The number of anilines is 1. The van der Waals surface area contributed by atoms with Crippen molar-refractivity contribution in [3.63, 3.8) is 0 Å². The Balaban J connectivity index is 1.75. The van der Waals surface area contributed by atoms with Gasteiger partial charge in [0.15, 0.2) is 11.5 Å². The Morgan fingerprint density at radius 1 is 1.21 bits per heavy atom. The molecule has 1 fully saturated rings. The smallest absolute Gasteiger partial charge is 0.294 e. The van der Waals surface area contributed by atoms with Gasteiger partial charge in [-0.15, -0.1) is 6.42 Å². The van der Waals surface area contributed by atoms with Crippen LogP contribution in [-0.4, -0.2) is 48.8 Å². The van der Waals surface area contributed by atoms with Gasteiger partial charge in [-0.2, -0.15) is 0 Å². The van der Waals surface area contributed by atoms with Crippen LogP contribution < -0.4 is 19.5 Å².